The van der Waals surface area contributed by atoms with E-state index in [1.54, 1.807) is 60.7 Å². The zero-order valence-corrected chi connectivity index (χ0v) is 16.4. The summed E-state index contributed by atoms with van der Waals surface area (Å²) in [7, 11) is 0. The van der Waals surface area contributed by atoms with E-state index in [4.69, 9.17) is 14.7 Å². The van der Waals surface area contributed by atoms with E-state index in [0.717, 1.165) is 0 Å². The molecule has 0 bridgehead atoms. The summed E-state index contributed by atoms with van der Waals surface area (Å²) in [5, 5.41) is 9.51. The molecule has 4 aromatic rings. The average molecular weight is 411 g/mol. The first-order chi connectivity index (χ1) is 15.2. The lowest BCUT2D eigenvalue weighted by molar-refractivity contribution is 0.0454. The molecule has 0 aliphatic carbocycles. The first-order valence-corrected chi connectivity index (χ1v) is 9.52. The Hall–Kier alpha value is -4.44. The highest BCUT2D eigenvalue weighted by Crippen LogP contribution is 2.25. The van der Waals surface area contributed by atoms with Gasteiger partial charge in [-0.05, 0) is 36.4 Å². The summed E-state index contributed by atoms with van der Waals surface area (Å²) in [6, 6.07) is 24.6. The Morgan fingerprint density at radius 3 is 2.48 bits per heavy atom. The van der Waals surface area contributed by atoms with E-state index >= 15 is 0 Å². The van der Waals surface area contributed by atoms with Crippen molar-refractivity contribution in [1.82, 2.24) is 9.55 Å². The van der Waals surface area contributed by atoms with Crippen LogP contribution in [-0.4, -0.2) is 15.5 Å². The zero-order valence-electron chi connectivity index (χ0n) is 16.4. The molecule has 0 aliphatic heterocycles. The number of carbonyl (C=O) groups is 1. The van der Waals surface area contributed by atoms with Gasteiger partial charge in [0.2, 0.25) is 0 Å². The molecule has 0 aliphatic rings. The van der Waals surface area contributed by atoms with E-state index in [2.05, 4.69) is 4.98 Å². The summed E-state index contributed by atoms with van der Waals surface area (Å²) in [6.07, 6.45) is 0. The van der Waals surface area contributed by atoms with Gasteiger partial charge in [-0.25, -0.2) is 9.78 Å². The standard InChI is InChI=1S/C24H17N3O4/c25-14-15-27-22(26-20-12-6-4-10-18(20)23(27)28)16-30-24(29)19-11-5-7-13-21(19)31-17-8-2-1-3-9-17/h1-13H,15-16H2. The fourth-order valence-corrected chi connectivity index (χ4v) is 3.11. The van der Waals surface area contributed by atoms with Gasteiger partial charge in [0.25, 0.3) is 5.56 Å². The Labute approximate surface area is 177 Å². The highest BCUT2D eigenvalue weighted by molar-refractivity contribution is 5.92. The fraction of sp³-hybridized carbons (Fsp3) is 0.0833. The van der Waals surface area contributed by atoms with Crippen LogP contribution in [0.15, 0.2) is 83.7 Å². The number of nitriles is 1. The molecule has 7 nitrogen and oxygen atoms in total. The third kappa shape index (κ3) is 4.28. The molecule has 0 fully saturated rings. The second-order valence-electron chi connectivity index (χ2n) is 6.58. The normalized spacial score (nSPS) is 10.4. The minimum atomic E-state index is -0.627. The summed E-state index contributed by atoms with van der Waals surface area (Å²) in [6.45, 7) is -0.461. The SMILES string of the molecule is N#CCn1c(COC(=O)c2ccccc2Oc2ccccc2)nc2ccccc2c1=O. The Morgan fingerprint density at radius 2 is 1.68 bits per heavy atom. The van der Waals surface area contributed by atoms with Crippen molar-refractivity contribution in [2.75, 3.05) is 0 Å². The molecule has 0 radical (unpaired) electrons. The van der Waals surface area contributed by atoms with Crippen LogP contribution in [0.5, 0.6) is 11.5 Å². The van der Waals surface area contributed by atoms with E-state index < -0.39 is 5.97 Å². The number of aromatic nitrogens is 2. The van der Waals surface area contributed by atoms with Crippen LogP contribution in [0.3, 0.4) is 0 Å². The second kappa shape index (κ2) is 8.93. The van der Waals surface area contributed by atoms with Gasteiger partial charge in [-0.1, -0.05) is 42.5 Å². The minimum Gasteiger partial charge on any atom is -0.456 e. The number of hydrogen-bond acceptors (Lipinski definition) is 6. The van der Waals surface area contributed by atoms with E-state index in [1.807, 2.05) is 24.3 Å². The lowest BCUT2D eigenvalue weighted by atomic mass is 10.2. The van der Waals surface area contributed by atoms with E-state index in [9.17, 15) is 9.59 Å². The maximum atomic E-state index is 12.8. The maximum absolute atomic E-state index is 12.8. The van der Waals surface area contributed by atoms with Gasteiger partial charge in [-0.3, -0.25) is 9.36 Å². The number of fused-ring (bicyclic) bond motifs is 1. The third-order valence-corrected chi connectivity index (χ3v) is 4.58. The van der Waals surface area contributed by atoms with Crippen LogP contribution in [0.2, 0.25) is 0 Å². The molecule has 1 aromatic heterocycles. The Kier molecular flexibility index (Phi) is 5.72. The second-order valence-corrected chi connectivity index (χ2v) is 6.58. The first kappa shape index (κ1) is 19.9. The number of ether oxygens (including phenoxy) is 2. The van der Waals surface area contributed by atoms with Crippen molar-refractivity contribution < 1.29 is 14.3 Å². The summed E-state index contributed by atoms with van der Waals surface area (Å²) in [5.41, 5.74) is 0.355. The van der Waals surface area contributed by atoms with Crippen molar-refractivity contribution >= 4 is 16.9 Å². The van der Waals surface area contributed by atoms with Gasteiger partial charge in [0.15, 0.2) is 5.82 Å². The van der Waals surface area contributed by atoms with E-state index in [-0.39, 0.29) is 30.1 Å². The van der Waals surface area contributed by atoms with Gasteiger partial charge in [-0.15, -0.1) is 0 Å². The van der Waals surface area contributed by atoms with Crippen LogP contribution < -0.4 is 10.3 Å². The minimum absolute atomic E-state index is 0.194. The summed E-state index contributed by atoms with van der Waals surface area (Å²) in [4.78, 5) is 29.9. The number of rotatable bonds is 6. The van der Waals surface area contributed by atoms with Crippen molar-refractivity contribution in [3.63, 3.8) is 0 Å². The van der Waals surface area contributed by atoms with Crippen LogP contribution in [0.25, 0.3) is 10.9 Å². The van der Waals surface area contributed by atoms with Gasteiger partial charge in [0, 0.05) is 0 Å². The van der Waals surface area contributed by atoms with Gasteiger partial charge < -0.3 is 9.47 Å². The molecular weight excluding hydrogens is 394 g/mol. The van der Waals surface area contributed by atoms with Gasteiger partial charge in [0.1, 0.15) is 30.2 Å². The monoisotopic (exact) mass is 411 g/mol. The zero-order chi connectivity index (χ0) is 21.6. The van der Waals surface area contributed by atoms with Gasteiger partial charge in [-0.2, -0.15) is 5.26 Å². The largest absolute Gasteiger partial charge is 0.456 e. The Bertz CT molecular complexity index is 1340. The molecule has 4 rings (SSSR count). The molecule has 1 heterocycles. The van der Waals surface area contributed by atoms with Crippen LogP contribution in [-0.2, 0) is 17.9 Å². The molecule has 0 N–H and O–H groups in total. The van der Waals surface area contributed by atoms with Crippen LogP contribution in [0.1, 0.15) is 16.2 Å². The molecule has 0 amide bonds. The molecule has 3 aromatic carbocycles. The van der Waals surface area contributed by atoms with Crippen molar-refractivity contribution in [3.05, 3.63) is 101 Å². The van der Waals surface area contributed by atoms with Crippen LogP contribution in [0.4, 0.5) is 0 Å². The predicted octanol–water partition coefficient (Wildman–Crippen LogP) is 4.07. The van der Waals surface area contributed by atoms with Crippen molar-refractivity contribution in [2.24, 2.45) is 0 Å². The quantitative estimate of drug-likeness (QED) is 0.444. The number of nitrogens with zero attached hydrogens (tertiary/aromatic N) is 3. The van der Waals surface area contributed by atoms with Crippen molar-refractivity contribution in [2.45, 2.75) is 13.2 Å². The fourth-order valence-electron chi connectivity index (χ4n) is 3.11. The molecule has 152 valence electrons. The Morgan fingerprint density at radius 1 is 0.968 bits per heavy atom. The van der Waals surface area contributed by atoms with Crippen LogP contribution in [0, 0.1) is 11.3 Å². The molecule has 7 heteroatoms. The molecular formula is C24H17N3O4. The van der Waals surface area contributed by atoms with E-state index in [0.29, 0.717) is 22.4 Å². The predicted molar refractivity (Wildman–Crippen MR) is 114 cm³/mol. The molecule has 0 saturated heterocycles. The number of para-hydroxylation sites is 3. The molecule has 0 atom stereocenters. The summed E-state index contributed by atoms with van der Waals surface area (Å²) < 4.78 is 12.5. The van der Waals surface area contributed by atoms with Crippen molar-refractivity contribution in [1.29, 1.82) is 5.26 Å². The lowest BCUT2D eigenvalue weighted by Crippen LogP contribution is -2.26. The van der Waals surface area contributed by atoms with Crippen LogP contribution >= 0.6 is 0 Å². The number of carbonyl (C=O) groups excluding carboxylic acids is 1. The topological polar surface area (TPSA) is 94.2 Å². The number of benzene rings is 3. The number of hydrogen-bond donors (Lipinski definition) is 0. The lowest BCUT2D eigenvalue weighted by Gasteiger charge is -2.13. The summed E-state index contributed by atoms with van der Waals surface area (Å²) in [5.74, 6) is 0.499. The molecule has 0 unspecified atom stereocenters. The smallest absolute Gasteiger partial charge is 0.342 e. The average Bonchev–Trinajstić information content (AvgIpc) is 2.81. The molecule has 0 saturated carbocycles. The van der Waals surface area contributed by atoms with Crippen molar-refractivity contribution in [3.8, 4) is 17.6 Å². The molecule has 31 heavy (non-hydrogen) atoms. The van der Waals surface area contributed by atoms with Gasteiger partial charge >= 0.3 is 5.97 Å². The number of esters is 1. The highest BCUT2D eigenvalue weighted by Gasteiger charge is 2.17. The highest BCUT2D eigenvalue weighted by atomic mass is 16.5. The molecule has 0 spiro atoms. The maximum Gasteiger partial charge on any atom is 0.342 e. The Balaban J connectivity index is 1.60. The van der Waals surface area contributed by atoms with Gasteiger partial charge in [0.05, 0.1) is 17.0 Å². The third-order valence-electron chi connectivity index (χ3n) is 4.58. The first-order valence-electron chi connectivity index (χ1n) is 9.52. The summed E-state index contributed by atoms with van der Waals surface area (Å²) >= 11 is 0. The van der Waals surface area contributed by atoms with E-state index in [1.165, 1.54) is 4.57 Å².